The monoisotopic (exact) mass is 400 g/mol. The first kappa shape index (κ1) is 15.8. The summed E-state index contributed by atoms with van der Waals surface area (Å²) in [7, 11) is 0. The van der Waals surface area contributed by atoms with Gasteiger partial charge in [0.05, 0.1) is 2.88 Å². The van der Waals surface area contributed by atoms with Crippen LogP contribution in [0.2, 0.25) is 0 Å². The lowest BCUT2D eigenvalue weighted by Crippen LogP contribution is -2.24. The molecule has 0 saturated heterocycles. The van der Waals surface area contributed by atoms with Crippen molar-refractivity contribution in [3.63, 3.8) is 0 Å². The SMILES string of the molecule is CCC(CC)(c1ccc(O)c(C)c1)c1cc(C)c(I)s1. The molecule has 0 atom stereocenters. The van der Waals surface area contributed by atoms with Crippen molar-refractivity contribution in [1.29, 1.82) is 0 Å². The van der Waals surface area contributed by atoms with Crippen LogP contribution in [0, 0.1) is 16.7 Å². The molecule has 1 nitrogen and oxygen atoms in total. The molecule has 0 saturated carbocycles. The number of phenols is 1. The third-order valence-electron chi connectivity index (χ3n) is 4.29. The Morgan fingerprint density at radius 1 is 1.10 bits per heavy atom. The Bertz CT molecular complexity index is 592. The molecule has 3 heteroatoms. The number of aryl methyl sites for hydroxylation is 2. The van der Waals surface area contributed by atoms with Gasteiger partial charge in [-0.15, -0.1) is 11.3 Å². The maximum Gasteiger partial charge on any atom is 0.118 e. The number of halogens is 1. The van der Waals surface area contributed by atoms with Crippen molar-refractivity contribution in [2.45, 2.75) is 46.0 Å². The Kier molecular flexibility index (Phi) is 4.80. The van der Waals surface area contributed by atoms with Crippen LogP contribution in [0.5, 0.6) is 5.75 Å². The van der Waals surface area contributed by atoms with E-state index in [9.17, 15) is 5.11 Å². The minimum absolute atomic E-state index is 0.0668. The van der Waals surface area contributed by atoms with Gasteiger partial charge in [-0.25, -0.2) is 0 Å². The van der Waals surface area contributed by atoms with Crippen LogP contribution in [0.4, 0.5) is 0 Å². The van der Waals surface area contributed by atoms with E-state index in [1.165, 1.54) is 18.9 Å². The van der Waals surface area contributed by atoms with E-state index in [0.717, 1.165) is 18.4 Å². The third kappa shape index (κ3) is 2.62. The fraction of sp³-hybridized carbons (Fsp3) is 0.412. The van der Waals surface area contributed by atoms with E-state index in [0.29, 0.717) is 5.75 Å². The Morgan fingerprint density at radius 2 is 1.75 bits per heavy atom. The summed E-state index contributed by atoms with van der Waals surface area (Å²) in [6, 6.07) is 8.39. The quantitative estimate of drug-likeness (QED) is 0.645. The maximum absolute atomic E-state index is 9.78. The Balaban J connectivity index is 2.61. The zero-order valence-electron chi connectivity index (χ0n) is 12.5. The zero-order valence-corrected chi connectivity index (χ0v) is 15.4. The number of hydrogen-bond donors (Lipinski definition) is 1. The molecule has 1 aromatic heterocycles. The van der Waals surface area contributed by atoms with Gasteiger partial charge in [-0.1, -0.05) is 26.0 Å². The van der Waals surface area contributed by atoms with Crippen molar-refractivity contribution in [2.75, 3.05) is 0 Å². The third-order valence-corrected chi connectivity index (χ3v) is 7.03. The molecule has 0 spiro atoms. The Morgan fingerprint density at radius 3 is 2.20 bits per heavy atom. The second kappa shape index (κ2) is 6.06. The van der Waals surface area contributed by atoms with Gasteiger partial charge in [0.2, 0.25) is 0 Å². The molecule has 0 radical (unpaired) electrons. The predicted octanol–water partition coefficient (Wildman–Crippen LogP) is 5.78. The Labute approximate surface area is 139 Å². The summed E-state index contributed by atoms with van der Waals surface area (Å²) >= 11 is 4.33. The normalized spacial score (nSPS) is 11.8. The lowest BCUT2D eigenvalue weighted by Gasteiger charge is -2.32. The van der Waals surface area contributed by atoms with Gasteiger partial charge in [0, 0.05) is 10.3 Å². The molecule has 1 aromatic carbocycles. The largest absolute Gasteiger partial charge is 0.508 e. The lowest BCUT2D eigenvalue weighted by molar-refractivity contribution is 0.464. The lowest BCUT2D eigenvalue weighted by atomic mass is 9.74. The first-order valence-corrected chi connectivity index (χ1v) is 8.90. The van der Waals surface area contributed by atoms with Crippen molar-refractivity contribution in [1.82, 2.24) is 0 Å². The smallest absolute Gasteiger partial charge is 0.118 e. The number of hydrogen-bond acceptors (Lipinski definition) is 2. The molecule has 0 aliphatic carbocycles. The standard InChI is InChI=1S/C17H21IOS/c1-5-17(6-2,15-10-12(4)16(18)20-15)13-7-8-14(19)11(3)9-13/h7-10,19H,5-6H2,1-4H3. The minimum atomic E-state index is 0.0668. The molecule has 20 heavy (non-hydrogen) atoms. The van der Waals surface area contributed by atoms with E-state index in [2.05, 4.69) is 61.6 Å². The fourth-order valence-corrected chi connectivity index (χ4v) is 4.92. The molecule has 1 N–H and O–H groups in total. The molecular weight excluding hydrogens is 379 g/mol. The predicted molar refractivity (Wildman–Crippen MR) is 96.0 cm³/mol. The van der Waals surface area contributed by atoms with Crippen LogP contribution < -0.4 is 0 Å². The van der Waals surface area contributed by atoms with E-state index in [1.54, 1.807) is 0 Å². The average molecular weight is 400 g/mol. The van der Waals surface area contributed by atoms with Crippen LogP contribution in [0.15, 0.2) is 24.3 Å². The highest BCUT2D eigenvalue weighted by Gasteiger charge is 2.33. The molecule has 2 aromatic rings. The van der Waals surface area contributed by atoms with Gasteiger partial charge in [0.15, 0.2) is 0 Å². The molecule has 1 heterocycles. The zero-order chi connectivity index (χ0) is 14.9. The summed E-state index contributed by atoms with van der Waals surface area (Å²) < 4.78 is 1.37. The molecular formula is C17H21IOS. The van der Waals surface area contributed by atoms with E-state index < -0.39 is 0 Å². The van der Waals surface area contributed by atoms with Crippen LogP contribution in [-0.4, -0.2) is 5.11 Å². The van der Waals surface area contributed by atoms with Gasteiger partial charge in [-0.05, 0) is 78.1 Å². The van der Waals surface area contributed by atoms with Crippen LogP contribution >= 0.6 is 33.9 Å². The fourth-order valence-electron chi connectivity index (χ4n) is 2.80. The number of phenolic OH excluding ortho intramolecular Hbond substituents is 1. The van der Waals surface area contributed by atoms with Crippen LogP contribution in [0.25, 0.3) is 0 Å². The summed E-state index contributed by atoms with van der Waals surface area (Å²) in [6.45, 7) is 8.67. The summed E-state index contributed by atoms with van der Waals surface area (Å²) in [6.07, 6.45) is 2.15. The molecule has 2 rings (SSSR count). The summed E-state index contributed by atoms with van der Waals surface area (Å²) in [5.74, 6) is 0.381. The number of benzene rings is 1. The molecule has 108 valence electrons. The van der Waals surface area contributed by atoms with Crippen LogP contribution in [0.1, 0.15) is 48.3 Å². The number of rotatable bonds is 4. The van der Waals surface area contributed by atoms with Gasteiger partial charge in [0.1, 0.15) is 5.75 Å². The average Bonchev–Trinajstić information content (AvgIpc) is 2.76. The highest BCUT2D eigenvalue weighted by molar-refractivity contribution is 14.1. The van der Waals surface area contributed by atoms with Gasteiger partial charge in [-0.2, -0.15) is 0 Å². The van der Waals surface area contributed by atoms with E-state index in [4.69, 9.17) is 0 Å². The summed E-state index contributed by atoms with van der Waals surface area (Å²) in [5.41, 5.74) is 3.71. The summed E-state index contributed by atoms with van der Waals surface area (Å²) in [4.78, 5) is 1.44. The molecule has 0 bridgehead atoms. The van der Waals surface area contributed by atoms with E-state index in [1.807, 2.05) is 24.3 Å². The molecule has 0 aliphatic rings. The highest BCUT2D eigenvalue weighted by atomic mass is 127. The van der Waals surface area contributed by atoms with Gasteiger partial charge < -0.3 is 5.11 Å². The van der Waals surface area contributed by atoms with Crippen molar-refractivity contribution in [2.24, 2.45) is 0 Å². The second-order valence-corrected chi connectivity index (χ2v) is 8.22. The number of aromatic hydroxyl groups is 1. The molecule has 0 aliphatic heterocycles. The minimum Gasteiger partial charge on any atom is -0.508 e. The number of thiophene rings is 1. The topological polar surface area (TPSA) is 20.2 Å². The van der Waals surface area contributed by atoms with Gasteiger partial charge in [0.25, 0.3) is 0 Å². The maximum atomic E-state index is 9.78. The molecule has 0 unspecified atom stereocenters. The van der Waals surface area contributed by atoms with Crippen LogP contribution in [0.3, 0.4) is 0 Å². The molecule has 0 fully saturated rings. The first-order chi connectivity index (χ1) is 9.44. The van der Waals surface area contributed by atoms with Crippen molar-refractivity contribution in [3.05, 3.63) is 48.7 Å². The van der Waals surface area contributed by atoms with Crippen molar-refractivity contribution in [3.8, 4) is 5.75 Å². The first-order valence-electron chi connectivity index (χ1n) is 7.01. The summed E-state index contributed by atoms with van der Waals surface area (Å²) in [5, 5.41) is 9.78. The Hall–Kier alpha value is -0.550. The van der Waals surface area contributed by atoms with Crippen LogP contribution in [-0.2, 0) is 5.41 Å². The van der Waals surface area contributed by atoms with Crippen molar-refractivity contribution >= 4 is 33.9 Å². The van der Waals surface area contributed by atoms with Crippen molar-refractivity contribution < 1.29 is 5.11 Å². The van der Waals surface area contributed by atoms with E-state index in [-0.39, 0.29) is 5.41 Å². The highest BCUT2D eigenvalue weighted by Crippen LogP contribution is 2.44. The molecule has 0 amide bonds. The second-order valence-electron chi connectivity index (χ2n) is 5.36. The van der Waals surface area contributed by atoms with E-state index >= 15 is 0 Å². The van der Waals surface area contributed by atoms with Gasteiger partial charge in [-0.3, -0.25) is 0 Å². The van der Waals surface area contributed by atoms with Gasteiger partial charge >= 0.3 is 0 Å².